The maximum absolute atomic E-state index is 10.8. The molecule has 0 aliphatic rings. The highest BCUT2D eigenvalue weighted by Crippen LogP contribution is 2.11. The van der Waals surface area contributed by atoms with Crippen molar-refractivity contribution in [3.63, 3.8) is 0 Å². The van der Waals surface area contributed by atoms with E-state index in [1.807, 2.05) is 6.92 Å². The second kappa shape index (κ2) is 6.12. The van der Waals surface area contributed by atoms with Gasteiger partial charge in [-0.3, -0.25) is 4.79 Å². The fourth-order valence-electron chi connectivity index (χ4n) is 1.11. The van der Waals surface area contributed by atoms with Gasteiger partial charge in [0.15, 0.2) is 5.17 Å². The predicted molar refractivity (Wildman–Crippen MR) is 66.8 cm³/mol. The van der Waals surface area contributed by atoms with Crippen molar-refractivity contribution in [3.8, 4) is 0 Å². The molecule has 0 aliphatic carbocycles. The van der Waals surface area contributed by atoms with Gasteiger partial charge >= 0.3 is 0 Å². The molecule has 0 spiro atoms. The van der Waals surface area contributed by atoms with Crippen molar-refractivity contribution in [3.05, 3.63) is 29.8 Å². The monoisotopic (exact) mass is 239 g/mol. The van der Waals surface area contributed by atoms with Crippen LogP contribution in [0.4, 0.5) is 5.69 Å². The van der Waals surface area contributed by atoms with Crippen LogP contribution in [0.1, 0.15) is 19.4 Å². The topological polar surface area (TPSA) is 53.5 Å². The Labute approximate surface area is 99.7 Å². The molecule has 2 N–H and O–H groups in total. The zero-order valence-corrected chi connectivity index (χ0v) is 10.0. The number of nitrogens with one attached hydrogen (secondary N) is 2. The third-order valence-corrected chi connectivity index (χ3v) is 2.08. The highest BCUT2D eigenvalue weighted by Gasteiger charge is 2.00. The first-order chi connectivity index (χ1) is 7.63. The van der Waals surface area contributed by atoms with Gasteiger partial charge in [-0.2, -0.15) is 5.10 Å². The number of amides is 1. The van der Waals surface area contributed by atoms with E-state index in [0.717, 1.165) is 17.8 Å². The Bertz CT molecular complexity index is 387. The molecule has 0 saturated heterocycles. The van der Waals surface area contributed by atoms with Crippen LogP contribution in [0.5, 0.6) is 0 Å². The van der Waals surface area contributed by atoms with Crippen molar-refractivity contribution in [2.24, 2.45) is 5.10 Å². The zero-order valence-electron chi connectivity index (χ0n) is 9.25. The molecule has 0 heterocycles. The number of hydrogen-bond acceptors (Lipinski definition) is 3. The Hall–Kier alpha value is -1.55. The molecule has 1 rings (SSSR count). The molecule has 4 nitrogen and oxygen atoms in total. The summed E-state index contributed by atoms with van der Waals surface area (Å²) in [6.45, 7) is 4.13. The van der Waals surface area contributed by atoms with Gasteiger partial charge in [0.1, 0.15) is 0 Å². The van der Waals surface area contributed by atoms with Crippen molar-refractivity contribution in [2.45, 2.75) is 13.8 Å². The van der Waals surface area contributed by atoms with E-state index in [-0.39, 0.29) is 5.91 Å². The highest BCUT2D eigenvalue weighted by atomic mass is 35.5. The summed E-state index contributed by atoms with van der Waals surface area (Å²) in [6, 6.07) is 7.16. The largest absolute Gasteiger partial charge is 0.326 e. The van der Waals surface area contributed by atoms with E-state index in [0.29, 0.717) is 5.17 Å². The zero-order chi connectivity index (χ0) is 12.0. The van der Waals surface area contributed by atoms with Crippen molar-refractivity contribution in [1.29, 1.82) is 0 Å². The number of anilines is 1. The summed E-state index contributed by atoms with van der Waals surface area (Å²) in [4.78, 5) is 10.8. The van der Waals surface area contributed by atoms with Gasteiger partial charge in [0.2, 0.25) is 5.91 Å². The van der Waals surface area contributed by atoms with Crippen molar-refractivity contribution < 1.29 is 4.79 Å². The molecule has 0 aromatic heterocycles. The molecule has 86 valence electrons. The summed E-state index contributed by atoms with van der Waals surface area (Å²) >= 11 is 5.94. The molecule has 0 unspecified atom stereocenters. The van der Waals surface area contributed by atoms with Gasteiger partial charge < -0.3 is 10.7 Å². The van der Waals surface area contributed by atoms with Gasteiger partial charge in [-0.05, 0) is 31.2 Å². The van der Waals surface area contributed by atoms with Crippen LogP contribution >= 0.6 is 11.6 Å². The molecule has 0 radical (unpaired) electrons. The van der Waals surface area contributed by atoms with Crippen LogP contribution in [0.25, 0.3) is 0 Å². The van der Waals surface area contributed by atoms with Crippen LogP contribution in [0.2, 0.25) is 0 Å². The lowest BCUT2D eigenvalue weighted by atomic mass is 10.2. The highest BCUT2D eigenvalue weighted by molar-refractivity contribution is 6.69. The Kier molecular flexibility index (Phi) is 4.79. The number of benzene rings is 1. The minimum absolute atomic E-state index is 0.0971. The first-order valence-electron chi connectivity index (χ1n) is 4.97. The Morgan fingerprint density at radius 2 is 2.00 bits per heavy atom. The molecule has 0 bridgehead atoms. The first kappa shape index (κ1) is 12.5. The molecule has 1 amide bonds. The van der Waals surface area contributed by atoms with E-state index in [1.165, 1.54) is 6.92 Å². The first-order valence-corrected chi connectivity index (χ1v) is 5.35. The summed E-state index contributed by atoms with van der Waals surface area (Å²) in [7, 11) is 0. The number of hydrogen-bond donors (Lipinski definition) is 2. The number of carbonyl (C=O) groups is 1. The maximum atomic E-state index is 10.8. The van der Waals surface area contributed by atoms with E-state index in [2.05, 4.69) is 15.8 Å². The van der Waals surface area contributed by atoms with E-state index in [4.69, 9.17) is 11.6 Å². The van der Waals surface area contributed by atoms with Crippen LogP contribution in [0.15, 0.2) is 29.4 Å². The van der Waals surface area contributed by atoms with E-state index < -0.39 is 0 Å². The SMILES string of the molecule is CCNN=C(Cl)c1ccc(NC(C)=O)cc1. The normalized spacial score (nSPS) is 11.1. The van der Waals surface area contributed by atoms with Crippen molar-refractivity contribution in [2.75, 3.05) is 11.9 Å². The molecular weight excluding hydrogens is 226 g/mol. The molecule has 1 aromatic carbocycles. The molecule has 16 heavy (non-hydrogen) atoms. The molecule has 0 fully saturated rings. The van der Waals surface area contributed by atoms with Crippen molar-refractivity contribution >= 4 is 28.4 Å². The molecular formula is C11H14ClN3O. The van der Waals surface area contributed by atoms with Crippen LogP contribution < -0.4 is 10.7 Å². The molecule has 5 heteroatoms. The van der Waals surface area contributed by atoms with Crippen LogP contribution in [-0.4, -0.2) is 17.6 Å². The lowest BCUT2D eigenvalue weighted by Crippen LogP contribution is -2.07. The van der Waals surface area contributed by atoms with Crippen LogP contribution in [-0.2, 0) is 4.79 Å². The second-order valence-corrected chi connectivity index (χ2v) is 3.53. The molecule has 1 aromatic rings. The number of nitrogens with zero attached hydrogens (tertiary/aromatic N) is 1. The smallest absolute Gasteiger partial charge is 0.221 e. The lowest BCUT2D eigenvalue weighted by molar-refractivity contribution is -0.114. The average Bonchev–Trinajstić information content (AvgIpc) is 2.26. The van der Waals surface area contributed by atoms with E-state index in [9.17, 15) is 4.79 Å². The summed E-state index contributed by atoms with van der Waals surface area (Å²) in [5.74, 6) is -0.0971. The number of rotatable bonds is 4. The fraction of sp³-hybridized carbons (Fsp3) is 0.273. The summed E-state index contributed by atoms with van der Waals surface area (Å²) in [5, 5.41) is 7.02. The molecule has 0 atom stereocenters. The van der Waals surface area contributed by atoms with E-state index in [1.54, 1.807) is 24.3 Å². The quantitative estimate of drug-likeness (QED) is 0.625. The Morgan fingerprint density at radius 1 is 1.38 bits per heavy atom. The number of hydrazone groups is 1. The molecule has 0 aliphatic heterocycles. The van der Waals surface area contributed by atoms with Crippen molar-refractivity contribution in [1.82, 2.24) is 5.43 Å². The second-order valence-electron chi connectivity index (χ2n) is 3.17. The average molecular weight is 240 g/mol. The van der Waals surface area contributed by atoms with Gasteiger partial charge in [0.05, 0.1) is 0 Å². The third kappa shape index (κ3) is 3.90. The van der Waals surface area contributed by atoms with Gasteiger partial charge in [-0.1, -0.05) is 11.6 Å². The summed E-state index contributed by atoms with van der Waals surface area (Å²) in [6.07, 6.45) is 0. The van der Waals surface area contributed by atoms with Gasteiger partial charge in [-0.25, -0.2) is 0 Å². The van der Waals surface area contributed by atoms with E-state index >= 15 is 0 Å². The van der Waals surface area contributed by atoms with Crippen LogP contribution in [0, 0.1) is 0 Å². The minimum Gasteiger partial charge on any atom is -0.326 e. The Balaban J connectivity index is 2.74. The fourth-order valence-corrected chi connectivity index (χ4v) is 1.29. The predicted octanol–water partition coefficient (Wildman–Crippen LogP) is 2.15. The molecule has 0 saturated carbocycles. The van der Waals surface area contributed by atoms with Gasteiger partial charge in [0, 0.05) is 24.7 Å². The minimum atomic E-state index is -0.0971. The van der Waals surface area contributed by atoms with Gasteiger partial charge in [0.25, 0.3) is 0 Å². The summed E-state index contributed by atoms with van der Waals surface area (Å²) < 4.78 is 0. The Morgan fingerprint density at radius 3 is 2.50 bits per heavy atom. The third-order valence-electron chi connectivity index (χ3n) is 1.78. The standard InChI is InChI=1S/C11H14ClN3O/c1-3-13-15-11(12)9-4-6-10(7-5-9)14-8(2)16/h4-7,13H,3H2,1-2H3,(H,14,16). The van der Waals surface area contributed by atoms with Crippen LogP contribution in [0.3, 0.4) is 0 Å². The summed E-state index contributed by atoms with van der Waals surface area (Å²) in [5.41, 5.74) is 4.32. The number of carbonyl (C=O) groups excluding carboxylic acids is 1. The lowest BCUT2D eigenvalue weighted by Gasteiger charge is -2.03. The maximum Gasteiger partial charge on any atom is 0.221 e. The van der Waals surface area contributed by atoms with Gasteiger partial charge in [-0.15, -0.1) is 0 Å². The number of halogens is 1.